The van der Waals surface area contributed by atoms with Gasteiger partial charge in [0.25, 0.3) is 0 Å². The van der Waals surface area contributed by atoms with E-state index < -0.39 is 0 Å². The molecule has 1 aliphatic rings. The number of allylic oxidation sites excluding steroid dienone is 1. The van der Waals surface area contributed by atoms with E-state index in [1.807, 2.05) is 73.7 Å². The van der Waals surface area contributed by atoms with Crippen LogP contribution >= 0.6 is 34.8 Å². The number of halogens is 3. The minimum Gasteiger partial charge on any atom is -0.251 e. The molecule has 1 heterocycles. The Morgan fingerprint density at radius 3 is 1.96 bits per heavy atom. The van der Waals surface area contributed by atoms with E-state index in [2.05, 4.69) is 6.08 Å². The SMILES string of the molecule is CC1=Nc2cc(Cl)ccc2N=C(c2ccc(Cl)cc2)/C1=C/c1ccc(Cl)cc1. The molecular formula is C23H15Cl3N2. The van der Waals surface area contributed by atoms with Crippen LogP contribution in [0.1, 0.15) is 18.1 Å². The standard InChI is InChI=1S/C23H15Cl3N2/c1-14-20(12-15-2-6-17(24)7-3-15)23(16-4-8-18(25)9-5-16)28-21-11-10-19(26)13-22(21)27-14/h2-13H,1H3/b20-12+. The molecule has 2 nitrogen and oxygen atoms in total. The quantitative estimate of drug-likeness (QED) is 0.398. The summed E-state index contributed by atoms with van der Waals surface area (Å²) in [5.41, 5.74) is 6.10. The third-order valence-corrected chi connectivity index (χ3v) is 5.14. The molecule has 1 aliphatic heterocycles. The summed E-state index contributed by atoms with van der Waals surface area (Å²) in [5, 5.41) is 2.00. The lowest BCUT2D eigenvalue weighted by Gasteiger charge is -2.10. The Morgan fingerprint density at radius 1 is 0.679 bits per heavy atom. The molecule has 3 aromatic rings. The van der Waals surface area contributed by atoms with E-state index in [1.165, 1.54) is 0 Å². The number of nitrogens with zero attached hydrogens (tertiary/aromatic N) is 2. The zero-order chi connectivity index (χ0) is 19.7. The Hall–Kier alpha value is -2.39. The first-order valence-corrected chi connectivity index (χ1v) is 9.80. The van der Waals surface area contributed by atoms with Gasteiger partial charge in [-0.1, -0.05) is 59.1 Å². The molecule has 3 aromatic carbocycles. The fourth-order valence-corrected chi connectivity index (χ4v) is 3.42. The van der Waals surface area contributed by atoms with E-state index in [1.54, 1.807) is 0 Å². The monoisotopic (exact) mass is 424 g/mol. The van der Waals surface area contributed by atoms with Gasteiger partial charge < -0.3 is 0 Å². The summed E-state index contributed by atoms with van der Waals surface area (Å²) in [6.45, 7) is 1.98. The van der Waals surface area contributed by atoms with E-state index in [9.17, 15) is 0 Å². The predicted octanol–water partition coefficient (Wildman–Crippen LogP) is 7.96. The second kappa shape index (κ2) is 7.92. The lowest BCUT2D eigenvalue weighted by atomic mass is 9.96. The number of aliphatic imine (C=N–C) groups is 2. The Balaban J connectivity index is 1.94. The highest BCUT2D eigenvalue weighted by atomic mass is 35.5. The first kappa shape index (κ1) is 18.9. The van der Waals surface area contributed by atoms with Crippen molar-refractivity contribution in [3.8, 4) is 0 Å². The van der Waals surface area contributed by atoms with Crippen LogP contribution in [0.2, 0.25) is 15.1 Å². The maximum absolute atomic E-state index is 6.17. The highest BCUT2D eigenvalue weighted by molar-refractivity contribution is 6.35. The molecule has 0 radical (unpaired) electrons. The molecule has 0 saturated carbocycles. The largest absolute Gasteiger partial charge is 0.251 e. The van der Waals surface area contributed by atoms with Gasteiger partial charge in [0.2, 0.25) is 0 Å². The van der Waals surface area contributed by atoms with E-state index in [-0.39, 0.29) is 0 Å². The maximum atomic E-state index is 6.17. The van der Waals surface area contributed by atoms with Gasteiger partial charge in [0.05, 0.1) is 17.1 Å². The summed E-state index contributed by atoms with van der Waals surface area (Å²) in [5.74, 6) is 0. The Kier molecular flexibility index (Phi) is 5.36. The normalized spacial score (nSPS) is 14.9. The molecule has 138 valence electrons. The van der Waals surface area contributed by atoms with Gasteiger partial charge in [-0.3, -0.25) is 4.99 Å². The van der Waals surface area contributed by atoms with E-state index >= 15 is 0 Å². The van der Waals surface area contributed by atoms with Crippen molar-refractivity contribution in [3.05, 3.63) is 98.5 Å². The van der Waals surface area contributed by atoms with E-state index in [0.29, 0.717) is 15.1 Å². The van der Waals surface area contributed by atoms with Gasteiger partial charge in [-0.2, -0.15) is 0 Å². The minimum atomic E-state index is 0.628. The molecule has 0 saturated heterocycles. The van der Waals surface area contributed by atoms with Crippen molar-refractivity contribution in [3.63, 3.8) is 0 Å². The molecule has 0 aliphatic carbocycles. The van der Waals surface area contributed by atoms with Crippen molar-refractivity contribution in [2.45, 2.75) is 6.92 Å². The van der Waals surface area contributed by atoms with Gasteiger partial charge in [-0.15, -0.1) is 0 Å². The summed E-state index contributed by atoms with van der Waals surface area (Å²) in [6.07, 6.45) is 2.07. The maximum Gasteiger partial charge on any atom is 0.0904 e. The molecule has 0 N–H and O–H groups in total. The fraction of sp³-hybridized carbons (Fsp3) is 0.0435. The van der Waals surface area contributed by atoms with Gasteiger partial charge in [0, 0.05) is 31.9 Å². The lowest BCUT2D eigenvalue weighted by molar-refractivity contribution is 1.45. The highest BCUT2D eigenvalue weighted by Gasteiger charge is 2.18. The number of rotatable bonds is 2. The van der Waals surface area contributed by atoms with Crippen molar-refractivity contribution in [2.24, 2.45) is 9.98 Å². The highest BCUT2D eigenvalue weighted by Crippen LogP contribution is 2.36. The first-order chi connectivity index (χ1) is 13.5. The fourth-order valence-electron chi connectivity index (χ4n) is 3.00. The summed E-state index contributed by atoms with van der Waals surface area (Å²) < 4.78 is 0. The third-order valence-electron chi connectivity index (χ3n) is 4.40. The molecule has 0 amide bonds. The van der Waals surface area contributed by atoms with Gasteiger partial charge in [0.1, 0.15) is 0 Å². The van der Waals surface area contributed by atoms with Crippen LogP contribution in [-0.4, -0.2) is 11.4 Å². The average molecular weight is 426 g/mol. The number of fused-ring (bicyclic) bond motifs is 1. The number of benzene rings is 3. The van der Waals surface area contributed by atoms with Crippen LogP contribution in [0.3, 0.4) is 0 Å². The van der Waals surface area contributed by atoms with Crippen LogP contribution in [0, 0.1) is 0 Å². The predicted molar refractivity (Wildman–Crippen MR) is 121 cm³/mol. The Bertz CT molecular complexity index is 1130. The Labute approximate surface area is 178 Å². The van der Waals surface area contributed by atoms with Gasteiger partial charge >= 0.3 is 0 Å². The van der Waals surface area contributed by atoms with Gasteiger partial charge in [-0.05, 0) is 61.0 Å². The summed E-state index contributed by atoms with van der Waals surface area (Å²) >= 11 is 18.3. The van der Waals surface area contributed by atoms with Crippen LogP contribution in [0.5, 0.6) is 0 Å². The van der Waals surface area contributed by atoms with Crippen LogP contribution in [0.4, 0.5) is 11.4 Å². The van der Waals surface area contributed by atoms with Crippen molar-refractivity contribution < 1.29 is 0 Å². The van der Waals surface area contributed by atoms with Crippen molar-refractivity contribution >= 4 is 63.7 Å². The Morgan fingerprint density at radius 2 is 1.29 bits per heavy atom. The molecule has 4 rings (SSSR count). The van der Waals surface area contributed by atoms with Crippen LogP contribution < -0.4 is 0 Å². The minimum absolute atomic E-state index is 0.628. The smallest absolute Gasteiger partial charge is 0.0904 e. The van der Waals surface area contributed by atoms with Crippen LogP contribution in [0.25, 0.3) is 6.08 Å². The molecule has 28 heavy (non-hydrogen) atoms. The summed E-state index contributed by atoms with van der Waals surface area (Å²) in [4.78, 5) is 9.72. The molecule has 0 bridgehead atoms. The molecule has 0 unspecified atom stereocenters. The number of hydrogen-bond acceptors (Lipinski definition) is 2. The van der Waals surface area contributed by atoms with Crippen molar-refractivity contribution in [1.29, 1.82) is 0 Å². The zero-order valence-electron chi connectivity index (χ0n) is 15.0. The van der Waals surface area contributed by atoms with Crippen LogP contribution in [0.15, 0.2) is 82.3 Å². The lowest BCUT2D eigenvalue weighted by Crippen LogP contribution is -2.11. The second-order valence-electron chi connectivity index (χ2n) is 6.41. The molecule has 0 atom stereocenters. The molecule has 5 heteroatoms. The molecule has 0 fully saturated rings. The third kappa shape index (κ3) is 4.05. The second-order valence-corrected chi connectivity index (χ2v) is 7.72. The van der Waals surface area contributed by atoms with E-state index in [0.717, 1.165) is 39.5 Å². The van der Waals surface area contributed by atoms with E-state index in [4.69, 9.17) is 44.8 Å². The van der Waals surface area contributed by atoms with Crippen molar-refractivity contribution in [2.75, 3.05) is 0 Å². The van der Waals surface area contributed by atoms with Gasteiger partial charge in [0.15, 0.2) is 0 Å². The topological polar surface area (TPSA) is 24.7 Å². The number of hydrogen-bond donors (Lipinski definition) is 0. The van der Waals surface area contributed by atoms with Crippen LogP contribution in [-0.2, 0) is 0 Å². The average Bonchev–Trinajstić information content (AvgIpc) is 2.81. The first-order valence-electron chi connectivity index (χ1n) is 8.67. The van der Waals surface area contributed by atoms with Crippen molar-refractivity contribution in [1.82, 2.24) is 0 Å². The summed E-state index contributed by atoms with van der Waals surface area (Å²) in [7, 11) is 0. The molecule has 0 aromatic heterocycles. The molecule has 0 spiro atoms. The molecular weight excluding hydrogens is 411 g/mol. The zero-order valence-corrected chi connectivity index (χ0v) is 17.2. The van der Waals surface area contributed by atoms with Gasteiger partial charge in [-0.25, -0.2) is 4.99 Å². The summed E-state index contributed by atoms with van der Waals surface area (Å²) in [6, 6.07) is 20.9.